The van der Waals surface area contributed by atoms with E-state index in [0.29, 0.717) is 12.1 Å². The number of para-hydroxylation sites is 1. The quantitative estimate of drug-likeness (QED) is 0.898. The fourth-order valence-corrected chi connectivity index (χ4v) is 2.02. The van der Waals surface area contributed by atoms with Crippen molar-refractivity contribution >= 4 is 5.91 Å². The highest BCUT2D eigenvalue weighted by Gasteiger charge is 2.10. The Balaban J connectivity index is 2.09. The number of phenols is 1. The number of nitrogens with one attached hydrogen (secondary N) is 1. The maximum absolute atomic E-state index is 12.1. The molecule has 2 aromatic carbocycles. The fraction of sp³-hybridized carbons (Fsp3) is 0.188. The van der Waals surface area contributed by atoms with Crippen molar-refractivity contribution in [3.63, 3.8) is 0 Å². The van der Waals surface area contributed by atoms with Crippen LogP contribution in [0.5, 0.6) is 11.5 Å². The Kier molecular flexibility index (Phi) is 4.25. The first kappa shape index (κ1) is 13.9. The lowest BCUT2D eigenvalue weighted by molar-refractivity contribution is 0.0950. The van der Waals surface area contributed by atoms with Crippen molar-refractivity contribution in [2.24, 2.45) is 0 Å². The van der Waals surface area contributed by atoms with Gasteiger partial charge < -0.3 is 15.2 Å². The number of aryl methyl sites for hydroxylation is 1. The van der Waals surface area contributed by atoms with E-state index in [2.05, 4.69) is 5.32 Å². The summed E-state index contributed by atoms with van der Waals surface area (Å²) in [5.74, 6) is 0.729. The summed E-state index contributed by atoms with van der Waals surface area (Å²) in [6.07, 6.45) is 0. The SMILES string of the molecule is COc1ccccc1CNC(=O)c1ccc(O)cc1C. The van der Waals surface area contributed by atoms with Crippen molar-refractivity contribution in [2.45, 2.75) is 13.5 Å². The molecule has 0 aliphatic heterocycles. The van der Waals surface area contributed by atoms with E-state index in [1.807, 2.05) is 24.3 Å². The highest BCUT2D eigenvalue weighted by molar-refractivity contribution is 5.95. The number of methoxy groups -OCH3 is 1. The maximum Gasteiger partial charge on any atom is 0.251 e. The lowest BCUT2D eigenvalue weighted by Crippen LogP contribution is -2.23. The van der Waals surface area contributed by atoms with Gasteiger partial charge in [-0.3, -0.25) is 4.79 Å². The summed E-state index contributed by atoms with van der Waals surface area (Å²) in [5, 5.41) is 12.2. The Morgan fingerprint density at radius 3 is 2.70 bits per heavy atom. The van der Waals surface area contributed by atoms with E-state index in [0.717, 1.165) is 16.9 Å². The van der Waals surface area contributed by atoms with Gasteiger partial charge >= 0.3 is 0 Å². The molecule has 0 heterocycles. The van der Waals surface area contributed by atoms with Crippen LogP contribution in [0, 0.1) is 6.92 Å². The Hall–Kier alpha value is -2.49. The maximum atomic E-state index is 12.1. The first-order valence-electron chi connectivity index (χ1n) is 6.31. The van der Waals surface area contributed by atoms with Crippen molar-refractivity contribution in [1.29, 1.82) is 0 Å². The molecule has 4 heteroatoms. The van der Waals surface area contributed by atoms with E-state index < -0.39 is 0 Å². The zero-order chi connectivity index (χ0) is 14.5. The van der Waals surface area contributed by atoms with Crippen LogP contribution in [-0.2, 0) is 6.54 Å². The second-order valence-electron chi connectivity index (χ2n) is 4.49. The van der Waals surface area contributed by atoms with Gasteiger partial charge in [0.1, 0.15) is 11.5 Å². The Bertz CT molecular complexity index is 623. The molecule has 2 aromatic rings. The molecule has 104 valence electrons. The minimum absolute atomic E-state index is 0.156. The lowest BCUT2D eigenvalue weighted by atomic mass is 10.1. The topological polar surface area (TPSA) is 58.6 Å². The van der Waals surface area contributed by atoms with Gasteiger partial charge in [0.15, 0.2) is 0 Å². The predicted molar refractivity (Wildman–Crippen MR) is 77.0 cm³/mol. The van der Waals surface area contributed by atoms with E-state index in [1.165, 1.54) is 6.07 Å². The first-order valence-corrected chi connectivity index (χ1v) is 6.31. The molecule has 4 nitrogen and oxygen atoms in total. The van der Waals surface area contributed by atoms with Gasteiger partial charge in [0.25, 0.3) is 5.91 Å². The van der Waals surface area contributed by atoms with Gasteiger partial charge in [-0.1, -0.05) is 18.2 Å². The van der Waals surface area contributed by atoms with Crippen molar-refractivity contribution in [1.82, 2.24) is 5.32 Å². The van der Waals surface area contributed by atoms with Gasteiger partial charge in [0, 0.05) is 17.7 Å². The number of amides is 1. The van der Waals surface area contributed by atoms with E-state index in [9.17, 15) is 9.90 Å². The zero-order valence-electron chi connectivity index (χ0n) is 11.5. The van der Waals surface area contributed by atoms with Gasteiger partial charge in [0.2, 0.25) is 0 Å². The molecule has 0 aliphatic carbocycles. The molecular formula is C16H17NO3. The van der Waals surface area contributed by atoms with Crippen molar-refractivity contribution in [3.8, 4) is 11.5 Å². The summed E-state index contributed by atoms with van der Waals surface area (Å²) in [5.41, 5.74) is 2.21. The molecule has 2 rings (SSSR count). The smallest absolute Gasteiger partial charge is 0.251 e. The average Bonchev–Trinajstić information content (AvgIpc) is 2.45. The molecule has 0 atom stereocenters. The van der Waals surface area contributed by atoms with Gasteiger partial charge in [0.05, 0.1) is 7.11 Å². The highest BCUT2D eigenvalue weighted by Crippen LogP contribution is 2.18. The van der Waals surface area contributed by atoms with E-state index in [4.69, 9.17) is 4.74 Å². The van der Waals surface area contributed by atoms with Gasteiger partial charge in [-0.25, -0.2) is 0 Å². The standard InChI is InChI=1S/C16H17NO3/c1-11-9-13(18)7-8-14(11)16(19)17-10-12-5-3-4-6-15(12)20-2/h3-9,18H,10H2,1-2H3,(H,17,19). The number of phenolic OH excluding ortho intramolecular Hbond substituents is 1. The van der Waals surface area contributed by atoms with Crippen LogP contribution in [0.3, 0.4) is 0 Å². The molecule has 0 fully saturated rings. The normalized spacial score (nSPS) is 10.1. The lowest BCUT2D eigenvalue weighted by Gasteiger charge is -2.10. The molecular weight excluding hydrogens is 254 g/mol. The van der Waals surface area contributed by atoms with Crippen LogP contribution in [-0.4, -0.2) is 18.1 Å². The van der Waals surface area contributed by atoms with Gasteiger partial charge in [-0.2, -0.15) is 0 Å². The number of aromatic hydroxyl groups is 1. The van der Waals surface area contributed by atoms with Crippen molar-refractivity contribution in [2.75, 3.05) is 7.11 Å². The van der Waals surface area contributed by atoms with Crippen LogP contribution < -0.4 is 10.1 Å². The minimum atomic E-state index is -0.173. The third-order valence-electron chi connectivity index (χ3n) is 3.09. The number of carbonyl (C=O) groups excluding carboxylic acids is 1. The summed E-state index contributed by atoms with van der Waals surface area (Å²) in [7, 11) is 1.60. The summed E-state index contributed by atoms with van der Waals surface area (Å²) in [4.78, 5) is 12.1. The predicted octanol–water partition coefficient (Wildman–Crippen LogP) is 2.64. The van der Waals surface area contributed by atoms with Gasteiger partial charge in [-0.05, 0) is 36.8 Å². The first-order chi connectivity index (χ1) is 9.61. The summed E-state index contributed by atoms with van der Waals surface area (Å²) in [6, 6.07) is 12.2. The monoisotopic (exact) mass is 271 g/mol. The minimum Gasteiger partial charge on any atom is -0.508 e. The van der Waals surface area contributed by atoms with Crippen LogP contribution in [0.4, 0.5) is 0 Å². The van der Waals surface area contributed by atoms with Crippen LogP contribution in [0.1, 0.15) is 21.5 Å². The van der Waals surface area contributed by atoms with Crippen LogP contribution in [0.15, 0.2) is 42.5 Å². The molecule has 1 amide bonds. The zero-order valence-corrected chi connectivity index (χ0v) is 11.5. The highest BCUT2D eigenvalue weighted by atomic mass is 16.5. The Morgan fingerprint density at radius 2 is 2.00 bits per heavy atom. The number of benzene rings is 2. The van der Waals surface area contributed by atoms with E-state index in [1.54, 1.807) is 26.2 Å². The number of hydrogen-bond acceptors (Lipinski definition) is 3. The van der Waals surface area contributed by atoms with E-state index in [-0.39, 0.29) is 11.7 Å². The summed E-state index contributed by atoms with van der Waals surface area (Å²) in [6.45, 7) is 2.18. The summed E-state index contributed by atoms with van der Waals surface area (Å²) < 4.78 is 5.24. The Labute approximate surface area is 118 Å². The Morgan fingerprint density at radius 1 is 1.25 bits per heavy atom. The van der Waals surface area contributed by atoms with Gasteiger partial charge in [-0.15, -0.1) is 0 Å². The number of rotatable bonds is 4. The molecule has 0 saturated carbocycles. The molecule has 20 heavy (non-hydrogen) atoms. The molecule has 0 bridgehead atoms. The average molecular weight is 271 g/mol. The molecule has 0 spiro atoms. The molecule has 0 aliphatic rings. The second kappa shape index (κ2) is 6.10. The number of carbonyl (C=O) groups is 1. The van der Waals surface area contributed by atoms with Crippen molar-refractivity contribution < 1.29 is 14.6 Å². The van der Waals surface area contributed by atoms with Crippen molar-refractivity contribution in [3.05, 3.63) is 59.2 Å². The fourth-order valence-electron chi connectivity index (χ4n) is 2.02. The van der Waals surface area contributed by atoms with E-state index >= 15 is 0 Å². The number of hydrogen-bond donors (Lipinski definition) is 2. The van der Waals surface area contributed by atoms with Crippen LogP contribution in [0.2, 0.25) is 0 Å². The third kappa shape index (κ3) is 3.09. The molecule has 0 saturated heterocycles. The van der Waals surface area contributed by atoms with Crippen LogP contribution in [0.25, 0.3) is 0 Å². The largest absolute Gasteiger partial charge is 0.508 e. The van der Waals surface area contributed by atoms with Crippen LogP contribution >= 0.6 is 0 Å². The molecule has 2 N–H and O–H groups in total. The summed E-state index contributed by atoms with van der Waals surface area (Å²) >= 11 is 0. The molecule has 0 aromatic heterocycles. The number of ether oxygens (including phenoxy) is 1. The molecule has 0 radical (unpaired) electrons. The molecule has 0 unspecified atom stereocenters. The third-order valence-corrected chi connectivity index (χ3v) is 3.09. The second-order valence-corrected chi connectivity index (χ2v) is 4.49.